The molecule has 0 saturated carbocycles. The van der Waals surface area contributed by atoms with Crippen LogP contribution < -0.4 is 9.47 Å². The van der Waals surface area contributed by atoms with E-state index >= 15 is 0 Å². The van der Waals surface area contributed by atoms with Crippen LogP contribution in [0.5, 0.6) is 17.4 Å². The number of hydrogen-bond donors (Lipinski definition) is 1. The minimum absolute atomic E-state index is 0.00226. The molecular formula is C28H16Cl2F4N4O4. The van der Waals surface area contributed by atoms with Gasteiger partial charge in [-0.05, 0) is 48.5 Å². The van der Waals surface area contributed by atoms with E-state index < -0.39 is 29.2 Å². The number of aromatic nitrogens is 4. The summed E-state index contributed by atoms with van der Waals surface area (Å²) in [6.07, 6.45) is -2.94. The van der Waals surface area contributed by atoms with E-state index in [0.717, 1.165) is 12.1 Å². The maximum Gasteiger partial charge on any atom is 0.434 e. The topological polar surface area (TPSA) is 99.4 Å². The number of halogens is 6. The van der Waals surface area contributed by atoms with Crippen molar-refractivity contribution in [3.63, 3.8) is 0 Å². The molecule has 0 aliphatic rings. The number of carboxylic acids is 1. The molecule has 0 fully saturated rings. The molecule has 5 rings (SSSR count). The molecule has 0 bridgehead atoms. The average Bonchev–Trinajstić information content (AvgIpc) is 3.42. The number of ether oxygens (including phenoxy) is 2. The first-order valence-electron chi connectivity index (χ1n) is 11.9. The minimum atomic E-state index is -5.04. The van der Waals surface area contributed by atoms with E-state index in [1.807, 2.05) is 0 Å². The van der Waals surface area contributed by atoms with Gasteiger partial charge in [0.15, 0.2) is 11.5 Å². The Balaban J connectivity index is 1.38. The van der Waals surface area contributed by atoms with Gasteiger partial charge in [0.05, 0.1) is 21.9 Å². The maximum atomic E-state index is 14.2. The maximum absolute atomic E-state index is 14.2. The SMILES string of the molecule is O=C(O)c1cnn(-c2cccc(-c3cc(F)ccc3OCc3ccc(Oc4ccc(Cl)c(Cl)c4)nc3)n2)c1C(F)(F)F. The molecule has 0 atom stereocenters. The minimum Gasteiger partial charge on any atom is -0.488 e. The Morgan fingerprint density at radius 1 is 0.976 bits per heavy atom. The number of benzene rings is 2. The van der Waals surface area contributed by atoms with Crippen molar-refractivity contribution in [3.8, 4) is 34.5 Å². The van der Waals surface area contributed by atoms with Crippen LogP contribution in [0.2, 0.25) is 10.0 Å². The van der Waals surface area contributed by atoms with Gasteiger partial charge in [-0.1, -0.05) is 29.3 Å². The fourth-order valence-corrected chi connectivity index (χ4v) is 4.14. The van der Waals surface area contributed by atoms with E-state index in [4.69, 9.17) is 32.7 Å². The summed E-state index contributed by atoms with van der Waals surface area (Å²) in [6, 6.07) is 15.7. The van der Waals surface area contributed by atoms with Crippen LogP contribution in [0.1, 0.15) is 21.6 Å². The molecule has 8 nitrogen and oxygen atoms in total. The van der Waals surface area contributed by atoms with Crippen LogP contribution in [0, 0.1) is 5.82 Å². The quantitative estimate of drug-likeness (QED) is 0.177. The Morgan fingerprint density at radius 3 is 2.48 bits per heavy atom. The van der Waals surface area contributed by atoms with Crippen molar-refractivity contribution in [1.29, 1.82) is 0 Å². The largest absolute Gasteiger partial charge is 0.488 e. The summed E-state index contributed by atoms with van der Waals surface area (Å²) in [7, 11) is 0. The van der Waals surface area contributed by atoms with Gasteiger partial charge in [0.1, 0.15) is 29.5 Å². The van der Waals surface area contributed by atoms with Gasteiger partial charge in [-0.2, -0.15) is 18.3 Å². The smallest absolute Gasteiger partial charge is 0.434 e. The van der Waals surface area contributed by atoms with Crippen LogP contribution in [0.25, 0.3) is 17.1 Å². The fourth-order valence-electron chi connectivity index (χ4n) is 3.85. The fraction of sp³-hybridized carbons (Fsp3) is 0.0714. The van der Waals surface area contributed by atoms with E-state index in [1.54, 1.807) is 30.3 Å². The zero-order valence-corrected chi connectivity index (χ0v) is 22.5. The highest BCUT2D eigenvalue weighted by Crippen LogP contribution is 2.35. The highest BCUT2D eigenvalue weighted by molar-refractivity contribution is 6.42. The summed E-state index contributed by atoms with van der Waals surface area (Å²) in [5.41, 5.74) is -1.71. The lowest BCUT2D eigenvalue weighted by molar-refractivity contribution is -0.143. The summed E-state index contributed by atoms with van der Waals surface area (Å²) in [5.74, 6) is -1.87. The monoisotopic (exact) mass is 618 g/mol. The highest BCUT2D eigenvalue weighted by atomic mass is 35.5. The third-order valence-corrected chi connectivity index (χ3v) is 6.48. The first-order chi connectivity index (χ1) is 20.0. The molecule has 3 aromatic heterocycles. The van der Waals surface area contributed by atoms with E-state index in [2.05, 4.69) is 15.1 Å². The van der Waals surface area contributed by atoms with Crippen molar-refractivity contribution in [2.45, 2.75) is 12.8 Å². The number of rotatable bonds is 8. The molecule has 0 saturated heterocycles. The number of alkyl halides is 3. The van der Waals surface area contributed by atoms with Gasteiger partial charge in [-0.25, -0.2) is 23.8 Å². The molecule has 0 aliphatic heterocycles. The molecule has 14 heteroatoms. The Morgan fingerprint density at radius 2 is 1.79 bits per heavy atom. The molecule has 2 aromatic carbocycles. The summed E-state index contributed by atoms with van der Waals surface area (Å²) in [6.45, 7) is -0.00226. The second kappa shape index (κ2) is 11.7. The molecule has 0 radical (unpaired) electrons. The molecule has 1 N–H and O–H groups in total. The van der Waals surface area contributed by atoms with Crippen molar-refractivity contribution < 1.29 is 36.9 Å². The van der Waals surface area contributed by atoms with Gasteiger partial charge in [0, 0.05) is 29.5 Å². The molecule has 42 heavy (non-hydrogen) atoms. The van der Waals surface area contributed by atoms with Gasteiger partial charge < -0.3 is 14.6 Å². The van der Waals surface area contributed by atoms with Gasteiger partial charge in [0.2, 0.25) is 5.88 Å². The number of nitrogens with zero attached hydrogens (tertiary/aromatic N) is 4. The van der Waals surface area contributed by atoms with Crippen LogP contribution in [-0.2, 0) is 12.8 Å². The van der Waals surface area contributed by atoms with Crippen LogP contribution in [0.3, 0.4) is 0 Å². The molecular weight excluding hydrogens is 603 g/mol. The summed E-state index contributed by atoms with van der Waals surface area (Å²) in [4.78, 5) is 19.8. The Bertz CT molecular complexity index is 1780. The average molecular weight is 619 g/mol. The number of pyridine rings is 2. The van der Waals surface area contributed by atoms with E-state index in [9.17, 15) is 27.5 Å². The summed E-state index contributed by atoms with van der Waals surface area (Å²) in [5, 5.41) is 13.5. The van der Waals surface area contributed by atoms with Gasteiger partial charge in [-0.3, -0.25) is 0 Å². The number of hydrogen-bond acceptors (Lipinski definition) is 6. The van der Waals surface area contributed by atoms with Gasteiger partial charge in [0.25, 0.3) is 0 Å². The van der Waals surface area contributed by atoms with Crippen molar-refractivity contribution in [2.75, 3.05) is 0 Å². The molecule has 0 spiro atoms. The lowest BCUT2D eigenvalue weighted by Gasteiger charge is -2.14. The van der Waals surface area contributed by atoms with Gasteiger partial charge >= 0.3 is 12.1 Å². The number of carbonyl (C=O) groups is 1. The predicted octanol–water partition coefficient (Wildman–Crippen LogP) is 7.86. The Labute approximate surface area is 244 Å². The van der Waals surface area contributed by atoms with E-state index in [0.29, 0.717) is 32.2 Å². The zero-order valence-electron chi connectivity index (χ0n) is 20.9. The molecule has 3 heterocycles. The second-order valence-electron chi connectivity index (χ2n) is 8.61. The molecule has 0 amide bonds. The second-order valence-corrected chi connectivity index (χ2v) is 9.43. The van der Waals surface area contributed by atoms with E-state index in [-0.39, 0.29) is 35.3 Å². The first-order valence-corrected chi connectivity index (χ1v) is 12.6. The van der Waals surface area contributed by atoms with Crippen LogP contribution in [0.4, 0.5) is 17.6 Å². The van der Waals surface area contributed by atoms with Crippen LogP contribution in [0.15, 0.2) is 79.1 Å². The van der Waals surface area contributed by atoms with Crippen molar-refractivity contribution in [2.24, 2.45) is 0 Å². The van der Waals surface area contributed by atoms with E-state index in [1.165, 1.54) is 30.5 Å². The van der Waals surface area contributed by atoms with Crippen LogP contribution in [-0.4, -0.2) is 30.8 Å². The predicted molar refractivity (Wildman–Crippen MR) is 144 cm³/mol. The lowest BCUT2D eigenvalue weighted by Crippen LogP contribution is -2.18. The number of carboxylic acid groups (broad SMARTS) is 1. The molecule has 0 aliphatic carbocycles. The van der Waals surface area contributed by atoms with Crippen molar-refractivity contribution >= 4 is 29.2 Å². The first kappa shape index (κ1) is 28.8. The molecule has 214 valence electrons. The Hall–Kier alpha value is -4.68. The van der Waals surface area contributed by atoms with Crippen molar-refractivity contribution in [1.82, 2.24) is 19.7 Å². The normalized spacial score (nSPS) is 11.4. The third-order valence-electron chi connectivity index (χ3n) is 5.74. The third kappa shape index (κ3) is 6.29. The van der Waals surface area contributed by atoms with Gasteiger partial charge in [-0.15, -0.1) is 0 Å². The van der Waals surface area contributed by atoms with Crippen LogP contribution >= 0.6 is 23.2 Å². The standard InChI is InChI=1S/C28H16Cl2F4N4O4/c29-20-7-6-17(11-21(20)30)42-25-9-4-15(12-35-25)14-41-23-8-5-16(31)10-18(23)22-2-1-3-24(37-22)38-26(28(32,33)34)19(13-36-38)27(39)40/h1-13H,14H2,(H,39,40). The summed E-state index contributed by atoms with van der Waals surface area (Å²) < 4.78 is 67.3. The van der Waals surface area contributed by atoms with Crippen molar-refractivity contribution in [3.05, 3.63) is 112 Å². The zero-order chi connectivity index (χ0) is 30.0. The summed E-state index contributed by atoms with van der Waals surface area (Å²) >= 11 is 11.9. The lowest BCUT2D eigenvalue weighted by atomic mass is 10.1. The molecule has 5 aromatic rings. The highest BCUT2D eigenvalue weighted by Gasteiger charge is 2.41. The molecule has 0 unspecified atom stereocenters. The number of aromatic carboxylic acids is 1. The Kier molecular flexibility index (Phi) is 8.01.